The van der Waals surface area contributed by atoms with Crippen molar-refractivity contribution in [3.63, 3.8) is 0 Å². The summed E-state index contributed by atoms with van der Waals surface area (Å²) in [6.07, 6.45) is 0.379. The number of likely N-dealkylation sites (N-methyl/N-ethyl adjacent to an activating group) is 2. The molecule has 1 atom stereocenters. The normalized spacial score (nSPS) is 19.0. The summed E-state index contributed by atoms with van der Waals surface area (Å²) in [5.41, 5.74) is 0.618. The number of carbonyl (C=O) groups is 2. The molecule has 1 saturated heterocycles. The summed E-state index contributed by atoms with van der Waals surface area (Å²) in [5.74, 6) is -1.33. The summed E-state index contributed by atoms with van der Waals surface area (Å²) in [7, 11) is 2.14. The van der Waals surface area contributed by atoms with Crippen molar-refractivity contribution in [1.29, 1.82) is 0 Å². The molecule has 0 bridgehead atoms. The fourth-order valence-electron chi connectivity index (χ4n) is 2.81. The van der Waals surface area contributed by atoms with Crippen molar-refractivity contribution < 1.29 is 18.0 Å². The molecule has 1 aliphatic heterocycles. The fraction of sp³-hybridized carbons (Fsp3) is 0.529. The molecule has 8 heteroatoms. The molecule has 25 heavy (non-hydrogen) atoms. The van der Waals surface area contributed by atoms with Gasteiger partial charge in [0, 0.05) is 31.9 Å². The zero-order valence-corrected chi connectivity index (χ0v) is 15.7. The van der Waals surface area contributed by atoms with Crippen LogP contribution in [0.5, 0.6) is 0 Å². The van der Waals surface area contributed by atoms with Crippen LogP contribution in [0.4, 0.5) is 5.69 Å². The number of carbonyl (C=O) groups excluding carboxylic acids is 2. The fourth-order valence-corrected chi connectivity index (χ4v) is 4.54. The Bertz CT molecular complexity index is 719. The van der Waals surface area contributed by atoms with E-state index in [9.17, 15) is 18.0 Å². The van der Waals surface area contributed by atoms with E-state index in [0.717, 1.165) is 0 Å². The van der Waals surface area contributed by atoms with E-state index < -0.39 is 27.7 Å². The van der Waals surface area contributed by atoms with E-state index >= 15 is 0 Å². The Morgan fingerprint density at radius 2 is 1.68 bits per heavy atom. The van der Waals surface area contributed by atoms with Crippen LogP contribution in [0.25, 0.3) is 0 Å². The Balaban J connectivity index is 2.17. The van der Waals surface area contributed by atoms with Crippen LogP contribution in [0.15, 0.2) is 30.3 Å². The van der Waals surface area contributed by atoms with Gasteiger partial charge in [-0.2, -0.15) is 0 Å². The molecule has 1 aliphatic rings. The van der Waals surface area contributed by atoms with E-state index in [4.69, 9.17) is 0 Å². The van der Waals surface area contributed by atoms with Crippen molar-refractivity contribution >= 4 is 27.3 Å². The van der Waals surface area contributed by atoms with E-state index in [0.29, 0.717) is 25.2 Å². The van der Waals surface area contributed by atoms with Crippen molar-refractivity contribution in [2.45, 2.75) is 12.5 Å². The summed E-state index contributed by atoms with van der Waals surface area (Å²) in [5, 5.41) is 0. The lowest BCUT2D eigenvalue weighted by molar-refractivity contribution is -0.145. The smallest absolute Gasteiger partial charge is 0.316 e. The zero-order chi connectivity index (χ0) is 18.6. The molecule has 1 heterocycles. The maximum Gasteiger partial charge on any atom is 0.316 e. The summed E-state index contributed by atoms with van der Waals surface area (Å²) in [4.78, 5) is 30.0. The standard InChI is InChI=1S/C17H25N3O4S/c1-18(2)10-11-20(15-9-12-25(23,24)13-15)17(22)16(21)19(3)14-7-5-4-6-8-14/h4-8,15H,9-13H2,1-3H3. The third-order valence-corrected chi connectivity index (χ3v) is 6.08. The second kappa shape index (κ2) is 7.97. The van der Waals surface area contributed by atoms with Crippen LogP contribution in [0.3, 0.4) is 0 Å². The highest BCUT2D eigenvalue weighted by Gasteiger charge is 2.37. The Morgan fingerprint density at radius 3 is 2.20 bits per heavy atom. The first-order valence-corrected chi connectivity index (χ1v) is 10.0. The monoisotopic (exact) mass is 367 g/mol. The number of benzene rings is 1. The van der Waals surface area contributed by atoms with Crippen molar-refractivity contribution in [1.82, 2.24) is 9.80 Å². The number of sulfone groups is 1. The van der Waals surface area contributed by atoms with Crippen LogP contribution in [0.2, 0.25) is 0 Å². The first-order chi connectivity index (χ1) is 11.7. The highest BCUT2D eigenvalue weighted by molar-refractivity contribution is 7.91. The van der Waals surface area contributed by atoms with Gasteiger partial charge in [0.25, 0.3) is 0 Å². The maximum absolute atomic E-state index is 12.8. The quantitative estimate of drug-likeness (QED) is 0.696. The van der Waals surface area contributed by atoms with Gasteiger partial charge in [-0.1, -0.05) is 18.2 Å². The minimum absolute atomic E-state index is 0.0616. The van der Waals surface area contributed by atoms with Crippen LogP contribution in [0.1, 0.15) is 6.42 Å². The van der Waals surface area contributed by atoms with Gasteiger partial charge in [-0.05, 0) is 32.6 Å². The SMILES string of the molecule is CN(C)CCN(C(=O)C(=O)N(C)c1ccccc1)C1CCS(=O)(=O)C1. The molecule has 0 aromatic heterocycles. The van der Waals surface area contributed by atoms with Gasteiger partial charge in [0.15, 0.2) is 9.84 Å². The summed E-state index contributed by atoms with van der Waals surface area (Å²) in [6.45, 7) is 0.880. The number of para-hydroxylation sites is 1. The summed E-state index contributed by atoms with van der Waals surface area (Å²) in [6, 6.07) is 8.46. The van der Waals surface area contributed by atoms with Crippen molar-refractivity contribution in [3.05, 3.63) is 30.3 Å². The van der Waals surface area contributed by atoms with E-state index in [2.05, 4.69) is 0 Å². The zero-order valence-electron chi connectivity index (χ0n) is 14.9. The van der Waals surface area contributed by atoms with Gasteiger partial charge in [-0.25, -0.2) is 8.42 Å². The molecule has 1 aromatic rings. The van der Waals surface area contributed by atoms with E-state index in [1.165, 1.54) is 9.80 Å². The van der Waals surface area contributed by atoms with Crippen molar-refractivity contribution in [2.75, 3.05) is 50.6 Å². The van der Waals surface area contributed by atoms with Crippen LogP contribution in [0, 0.1) is 0 Å². The molecule has 138 valence electrons. The maximum atomic E-state index is 12.8. The number of hydrogen-bond donors (Lipinski definition) is 0. The predicted octanol–water partition coefficient (Wildman–Crippen LogP) is 0.227. The Kier molecular flexibility index (Phi) is 6.18. The van der Waals surface area contributed by atoms with Gasteiger partial charge < -0.3 is 14.7 Å². The molecule has 0 N–H and O–H groups in total. The molecular weight excluding hydrogens is 342 g/mol. The first kappa shape index (κ1) is 19.4. The van der Waals surface area contributed by atoms with Gasteiger partial charge >= 0.3 is 11.8 Å². The third kappa shape index (κ3) is 5.02. The van der Waals surface area contributed by atoms with Crippen LogP contribution in [-0.2, 0) is 19.4 Å². The van der Waals surface area contributed by atoms with Crippen LogP contribution >= 0.6 is 0 Å². The summed E-state index contributed by atoms with van der Waals surface area (Å²) >= 11 is 0. The minimum atomic E-state index is -3.14. The lowest BCUT2D eigenvalue weighted by Gasteiger charge is -2.30. The summed E-state index contributed by atoms with van der Waals surface area (Å²) < 4.78 is 23.6. The largest absolute Gasteiger partial charge is 0.329 e. The first-order valence-electron chi connectivity index (χ1n) is 8.20. The van der Waals surface area contributed by atoms with Crippen LogP contribution in [-0.4, -0.2) is 81.8 Å². The minimum Gasteiger partial charge on any atom is -0.329 e. The van der Waals surface area contributed by atoms with Gasteiger partial charge in [0.1, 0.15) is 0 Å². The molecule has 0 aliphatic carbocycles. The van der Waals surface area contributed by atoms with E-state index in [-0.39, 0.29) is 11.5 Å². The Hall–Kier alpha value is -1.93. The Labute approximate surface area is 149 Å². The highest BCUT2D eigenvalue weighted by Crippen LogP contribution is 2.19. The average molecular weight is 367 g/mol. The molecule has 1 fully saturated rings. The van der Waals surface area contributed by atoms with E-state index in [1.807, 2.05) is 25.1 Å². The molecule has 7 nitrogen and oxygen atoms in total. The lowest BCUT2D eigenvalue weighted by Crippen LogP contribution is -2.51. The van der Waals surface area contributed by atoms with E-state index in [1.54, 1.807) is 31.3 Å². The Morgan fingerprint density at radius 1 is 1.04 bits per heavy atom. The van der Waals surface area contributed by atoms with Gasteiger partial charge in [0.05, 0.1) is 11.5 Å². The van der Waals surface area contributed by atoms with Gasteiger partial charge in [-0.3, -0.25) is 9.59 Å². The predicted molar refractivity (Wildman–Crippen MR) is 97.2 cm³/mol. The topological polar surface area (TPSA) is 78.0 Å². The van der Waals surface area contributed by atoms with Crippen molar-refractivity contribution in [2.24, 2.45) is 0 Å². The van der Waals surface area contributed by atoms with Crippen molar-refractivity contribution in [3.8, 4) is 0 Å². The lowest BCUT2D eigenvalue weighted by atomic mass is 10.2. The average Bonchev–Trinajstić information content (AvgIpc) is 2.93. The van der Waals surface area contributed by atoms with Gasteiger partial charge in [-0.15, -0.1) is 0 Å². The molecule has 1 aromatic carbocycles. The number of rotatable bonds is 5. The highest BCUT2D eigenvalue weighted by atomic mass is 32.2. The molecule has 1 unspecified atom stereocenters. The third-order valence-electron chi connectivity index (χ3n) is 4.33. The number of hydrogen-bond acceptors (Lipinski definition) is 5. The molecule has 2 amide bonds. The molecule has 2 rings (SSSR count). The van der Waals surface area contributed by atoms with Crippen LogP contribution < -0.4 is 4.90 Å². The second-order valence-electron chi connectivity index (χ2n) is 6.56. The number of anilines is 1. The second-order valence-corrected chi connectivity index (χ2v) is 8.79. The molecular formula is C17H25N3O4S. The number of nitrogens with zero attached hydrogens (tertiary/aromatic N) is 3. The molecule has 0 saturated carbocycles. The molecule has 0 spiro atoms. The van der Waals surface area contributed by atoms with Gasteiger partial charge in [0.2, 0.25) is 0 Å². The number of amides is 2. The molecule has 0 radical (unpaired) electrons.